The van der Waals surface area contributed by atoms with Gasteiger partial charge in [-0.3, -0.25) is 0 Å². The van der Waals surface area contributed by atoms with E-state index in [1.165, 1.54) is 12.1 Å². The fourth-order valence-corrected chi connectivity index (χ4v) is 2.15. The van der Waals surface area contributed by atoms with Crippen molar-refractivity contribution in [2.75, 3.05) is 32.7 Å². The molecule has 0 spiro atoms. The van der Waals surface area contributed by atoms with Crippen LogP contribution < -0.4 is 5.32 Å². The van der Waals surface area contributed by atoms with Crippen LogP contribution in [0.25, 0.3) is 0 Å². The molecule has 1 aliphatic rings. The van der Waals surface area contributed by atoms with E-state index in [9.17, 15) is 8.78 Å². The molecule has 2 nitrogen and oxygen atoms in total. The third-order valence-electron chi connectivity index (χ3n) is 3.27. The van der Waals surface area contributed by atoms with E-state index in [1.807, 2.05) is 0 Å². The van der Waals surface area contributed by atoms with Crippen LogP contribution in [0, 0.1) is 18.6 Å². The summed E-state index contributed by atoms with van der Waals surface area (Å²) >= 11 is 0. The number of nitrogens with zero attached hydrogens (tertiary/aromatic N) is 1. The molecule has 1 saturated heterocycles. The van der Waals surface area contributed by atoms with Crippen LogP contribution in [-0.2, 0) is 6.42 Å². The predicted molar refractivity (Wildman–Crippen MR) is 64.1 cm³/mol. The van der Waals surface area contributed by atoms with Gasteiger partial charge in [-0.05, 0) is 25.0 Å². The van der Waals surface area contributed by atoms with Gasteiger partial charge < -0.3 is 10.2 Å². The normalized spacial score (nSPS) is 17.4. The molecule has 0 atom stereocenters. The van der Waals surface area contributed by atoms with Gasteiger partial charge in [-0.15, -0.1) is 0 Å². The maximum atomic E-state index is 13.7. The second-order valence-corrected chi connectivity index (χ2v) is 4.50. The summed E-state index contributed by atoms with van der Waals surface area (Å²) in [5, 5.41) is 3.25. The molecular formula is C13H18F2N2. The summed E-state index contributed by atoms with van der Waals surface area (Å²) in [6, 6.07) is 2.84. The predicted octanol–water partition coefficient (Wildman–Crippen LogP) is 1.72. The molecule has 0 radical (unpaired) electrons. The highest BCUT2D eigenvalue weighted by atomic mass is 19.1. The van der Waals surface area contributed by atoms with Crippen LogP contribution in [0.4, 0.5) is 8.78 Å². The largest absolute Gasteiger partial charge is 0.314 e. The second kappa shape index (κ2) is 5.56. The molecule has 0 aliphatic carbocycles. The zero-order valence-corrected chi connectivity index (χ0v) is 10.1. The number of aryl methyl sites for hydroxylation is 1. The summed E-state index contributed by atoms with van der Waals surface area (Å²) in [4.78, 5) is 2.23. The fraction of sp³-hybridized carbons (Fsp3) is 0.538. The van der Waals surface area contributed by atoms with Crippen molar-refractivity contribution in [3.8, 4) is 0 Å². The molecule has 0 aromatic heterocycles. The minimum Gasteiger partial charge on any atom is -0.314 e. The van der Waals surface area contributed by atoms with Gasteiger partial charge in [-0.25, -0.2) is 8.78 Å². The average molecular weight is 240 g/mol. The zero-order valence-electron chi connectivity index (χ0n) is 10.1. The molecular weight excluding hydrogens is 222 g/mol. The van der Waals surface area contributed by atoms with Gasteiger partial charge in [0.05, 0.1) is 0 Å². The summed E-state index contributed by atoms with van der Waals surface area (Å²) in [6.07, 6.45) is 0.444. The van der Waals surface area contributed by atoms with Gasteiger partial charge in [0.15, 0.2) is 0 Å². The van der Waals surface area contributed by atoms with E-state index in [2.05, 4.69) is 10.2 Å². The first kappa shape index (κ1) is 12.5. The van der Waals surface area contributed by atoms with Crippen molar-refractivity contribution in [2.24, 2.45) is 0 Å². The lowest BCUT2D eigenvalue weighted by molar-refractivity contribution is 0.242. The van der Waals surface area contributed by atoms with Gasteiger partial charge in [-0.1, -0.05) is 6.07 Å². The molecule has 1 aromatic rings. The molecule has 17 heavy (non-hydrogen) atoms. The van der Waals surface area contributed by atoms with Crippen LogP contribution in [0.1, 0.15) is 11.1 Å². The van der Waals surface area contributed by atoms with E-state index < -0.39 is 5.82 Å². The van der Waals surface area contributed by atoms with Crippen molar-refractivity contribution in [2.45, 2.75) is 13.3 Å². The molecule has 2 rings (SSSR count). The van der Waals surface area contributed by atoms with Crippen molar-refractivity contribution in [3.63, 3.8) is 0 Å². The molecule has 0 bridgehead atoms. The Morgan fingerprint density at radius 2 is 1.94 bits per heavy atom. The maximum Gasteiger partial charge on any atom is 0.132 e. The number of benzene rings is 1. The first-order chi connectivity index (χ1) is 8.18. The Kier molecular flexibility index (Phi) is 4.07. The van der Waals surface area contributed by atoms with E-state index in [4.69, 9.17) is 0 Å². The smallest absolute Gasteiger partial charge is 0.132 e. The number of hydrogen-bond donors (Lipinski definition) is 1. The number of rotatable bonds is 3. The Labute approximate surface area is 101 Å². The SMILES string of the molecule is Cc1ccc(F)c(CCN2CCNCC2)c1F. The van der Waals surface area contributed by atoms with Gasteiger partial charge in [0, 0.05) is 38.3 Å². The minimum atomic E-state index is -0.428. The monoisotopic (exact) mass is 240 g/mol. The minimum absolute atomic E-state index is 0.225. The Morgan fingerprint density at radius 3 is 2.65 bits per heavy atom. The quantitative estimate of drug-likeness (QED) is 0.865. The van der Waals surface area contributed by atoms with Crippen molar-refractivity contribution in [1.82, 2.24) is 10.2 Å². The molecule has 0 unspecified atom stereocenters. The Bertz CT molecular complexity index is 387. The summed E-state index contributed by atoms with van der Waals surface area (Å²) in [5.41, 5.74) is 0.741. The molecule has 94 valence electrons. The number of piperazine rings is 1. The molecule has 4 heteroatoms. The summed E-state index contributed by atoms with van der Waals surface area (Å²) < 4.78 is 27.3. The Morgan fingerprint density at radius 1 is 1.24 bits per heavy atom. The highest BCUT2D eigenvalue weighted by molar-refractivity contribution is 5.26. The number of halogens is 2. The standard InChI is InChI=1S/C13H18F2N2/c1-10-2-3-12(14)11(13(10)15)4-7-17-8-5-16-6-9-17/h2-3,16H,4-9H2,1H3. The van der Waals surface area contributed by atoms with Crippen molar-refractivity contribution >= 4 is 0 Å². The van der Waals surface area contributed by atoms with Gasteiger partial charge in [0.1, 0.15) is 11.6 Å². The van der Waals surface area contributed by atoms with E-state index in [0.29, 0.717) is 12.0 Å². The van der Waals surface area contributed by atoms with Crippen LogP contribution >= 0.6 is 0 Å². The second-order valence-electron chi connectivity index (χ2n) is 4.50. The van der Waals surface area contributed by atoms with Gasteiger partial charge in [-0.2, -0.15) is 0 Å². The van der Waals surface area contributed by atoms with Crippen LogP contribution in [-0.4, -0.2) is 37.6 Å². The van der Waals surface area contributed by atoms with Gasteiger partial charge >= 0.3 is 0 Å². The Balaban J connectivity index is 2.00. The van der Waals surface area contributed by atoms with E-state index in [0.717, 1.165) is 32.7 Å². The van der Waals surface area contributed by atoms with E-state index >= 15 is 0 Å². The van der Waals surface area contributed by atoms with Gasteiger partial charge in [0.2, 0.25) is 0 Å². The van der Waals surface area contributed by atoms with E-state index in [1.54, 1.807) is 6.92 Å². The van der Waals surface area contributed by atoms with Crippen LogP contribution in [0.15, 0.2) is 12.1 Å². The van der Waals surface area contributed by atoms with Crippen LogP contribution in [0.2, 0.25) is 0 Å². The number of hydrogen-bond acceptors (Lipinski definition) is 2. The number of nitrogens with one attached hydrogen (secondary N) is 1. The molecule has 1 aliphatic heterocycles. The van der Waals surface area contributed by atoms with Crippen LogP contribution in [0.3, 0.4) is 0 Å². The van der Waals surface area contributed by atoms with Crippen molar-refractivity contribution in [3.05, 3.63) is 34.9 Å². The van der Waals surface area contributed by atoms with Crippen LogP contribution in [0.5, 0.6) is 0 Å². The van der Waals surface area contributed by atoms with Crippen molar-refractivity contribution in [1.29, 1.82) is 0 Å². The highest BCUT2D eigenvalue weighted by Crippen LogP contribution is 2.17. The molecule has 0 saturated carbocycles. The third-order valence-corrected chi connectivity index (χ3v) is 3.27. The zero-order chi connectivity index (χ0) is 12.3. The van der Waals surface area contributed by atoms with Gasteiger partial charge in [0.25, 0.3) is 0 Å². The lowest BCUT2D eigenvalue weighted by atomic mass is 10.1. The van der Waals surface area contributed by atoms with Crippen molar-refractivity contribution < 1.29 is 8.78 Å². The average Bonchev–Trinajstić information content (AvgIpc) is 2.35. The lowest BCUT2D eigenvalue weighted by Gasteiger charge is -2.27. The van der Waals surface area contributed by atoms with E-state index in [-0.39, 0.29) is 11.4 Å². The lowest BCUT2D eigenvalue weighted by Crippen LogP contribution is -2.44. The topological polar surface area (TPSA) is 15.3 Å². The molecule has 0 amide bonds. The summed E-state index contributed by atoms with van der Waals surface area (Å²) in [7, 11) is 0. The first-order valence-electron chi connectivity index (χ1n) is 6.05. The Hall–Kier alpha value is -1.00. The fourth-order valence-electron chi connectivity index (χ4n) is 2.15. The third kappa shape index (κ3) is 3.01. The highest BCUT2D eigenvalue weighted by Gasteiger charge is 2.14. The maximum absolute atomic E-state index is 13.7. The summed E-state index contributed by atoms with van der Waals surface area (Å²) in [5.74, 6) is -0.816. The summed E-state index contributed by atoms with van der Waals surface area (Å²) in [6.45, 7) is 6.21. The molecule has 1 heterocycles. The first-order valence-corrected chi connectivity index (χ1v) is 6.05. The molecule has 1 N–H and O–H groups in total. The molecule has 1 fully saturated rings. The molecule has 1 aromatic carbocycles.